The van der Waals surface area contributed by atoms with Crippen LogP contribution >= 0.6 is 0 Å². The lowest BCUT2D eigenvalue weighted by Gasteiger charge is -1.52. The molecule has 0 aliphatic carbocycles. The SMILES string of the molecule is CCC.[NH3+][O-]. The molecule has 2 nitrogen and oxygen atoms in total. The van der Waals surface area contributed by atoms with Gasteiger partial charge in [-0.05, 0) is 0 Å². The van der Waals surface area contributed by atoms with E-state index < -0.39 is 0 Å². The largest absolute Gasteiger partial charge is 0.637 e. The second-order valence-corrected chi connectivity index (χ2v) is 0.707. The molecule has 2 heteroatoms. The highest BCUT2D eigenvalue weighted by atomic mass is 16.4. The summed E-state index contributed by atoms with van der Waals surface area (Å²) >= 11 is 0. The minimum Gasteiger partial charge on any atom is -0.637 e. The van der Waals surface area contributed by atoms with Crippen molar-refractivity contribution in [1.82, 2.24) is 0 Å². The summed E-state index contributed by atoms with van der Waals surface area (Å²) in [6, 6.07) is 0. The first kappa shape index (κ1) is 8.87. The van der Waals surface area contributed by atoms with E-state index in [4.69, 9.17) is 5.21 Å². The molecule has 0 radical (unpaired) electrons. The number of hydrogen-bond donors (Lipinski definition) is 1. The Balaban J connectivity index is 0. The molecular weight excluding hydrogens is 66.0 g/mol. The van der Waals surface area contributed by atoms with Gasteiger partial charge in [-0.1, -0.05) is 20.3 Å². The minimum absolute atomic E-state index is 1.25. The van der Waals surface area contributed by atoms with Crippen LogP contribution < -0.4 is 5.90 Å². The second-order valence-electron chi connectivity index (χ2n) is 0.707. The van der Waals surface area contributed by atoms with Gasteiger partial charge in [0.15, 0.2) is 0 Å². The van der Waals surface area contributed by atoms with Gasteiger partial charge in [-0.3, -0.25) is 0 Å². The lowest BCUT2D eigenvalue weighted by molar-refractivity contribution is -0.275. The van der Waals surface area contributed by atoms with Gasteiger partial charge in [0.2, 0.25) is 0 Å². The summed E-state index contributed by atoms with van der Waals surface area (Å²) in [5.74, 6) is 2.00. The fourth-order valence-corrected chi connectivity index (χ4v) is 0. The van der Waals surface area contributed by atoms with Crippen molar-refractivity contribution in [3.05, 3.63) is 5.21 Å². The van der Waals surface area contributed by atoms with E-state index in [1.807, 2.05) is 5.90 Å². The van der Waals surface area contributed by atoms with Gasteiger partial charge >= 0.3 is 0 Å². The molecule has 0 saturated heterocycles. The van der Waals surface area contributed by atoms with E-state index in [1.165, 1.54) is 6.42 Å². The zero-order chi connectivity index (χ0) is 4.71. The number of rotatable bonds is 0. The zero-order valence-corrected chi connectivity index (χ0v) is 3.82. The Morgan fingerprint density at radius 3 is 1.40 bits per heavy atom. The Morgan fingerprint density at radius 1 is 1.40 bits per heavy atom. The van der Waals surface area contributed by atoms with Crippen LogP contribution in [0.25, 0.3) is 0 Å². The first-order valence-corrected chi connectivity index (χ1v) is 1.70. The predicted molar refractivity (Wildman–Crippen MR) is 22.2 cm³/mol. The summed E-state index contributed by atoms with van der Waals surface area (Å²) in [5, 5.41) is 8.00. The molecule has 0 saturated carbocycles. The first-order chi connectivity index (χ1) is 2.41. The molecule has 0 aromatic carbocycles. The third-order valence-electron chi connectivity index (χ3n) is 0. The van der Waals surface area contributed by atoms with Crippen LogP contribution in [0.3, 0.4) is 0 Å². The molecule has 0 rings (SSSR count). The average molecular weight is 77.1 g/mol. The highest BCUT2D eigenvalue weighted by Crippen LogP contribution is 1.56. The Hall–Kier alpha value is -0.0800. The van der Waals surface area contributed by atoms with Gasteiger partial charge in [0, 0.05) is 0 Å². The molecule has 34 valence electrons. The van der Waals surface area contributed by atoms with Gasteiger partial charge in [0.25, 0.3) is 0 Å². The van der Waals surface area contributed by atoms with Gasteiger partial charge < -0.3 is 11.1 Å². The quantitative estimate of drug-likeness (QED) is 0.411. The van der Waals surface area contributed by atoms with Gasteiger partial charge in [-0.15, -0.1) is 0 Å². The molecule has 3 N–H and O–H groups in total. The molecule has 0 aromatic heterocycles. The molecule has 5 heavy (non-hydrogen) atoms. The monoisotopic (exact) mass is 77.1 g/mol. The van der Waals surface area contributed by atoms with Crippen LogP contribution in [0.2, 0.25) is 0 Å². The molecular formula is C3H11NO. The lowest BCUT2D eigenvalue weighted by Crippen LogP contribution is -2.37. The maximum absolute atomic E-state index is 8.00. The van der Waals surface area contributed by atoms with Crippen LogP contribution in [-0.2, 0) is 0 Å². The van der Waals surface area contributed by atoms with Crippen molar-refractivity contribution in [2.45, 2.75) is 20.3 Å². The van der Waals surface area contributed by atoms with E-state index >= 15 is 0 Å². The summed E-state index contributed by atoms with van der Waals surface area (Å²) in [7, 11) is 0. The summed E-state index contributed by atoms with van der Waals surface area (Å²) < 4.78 is 0. The summed E-state index contributed by atoms with van der Waals surface area (Å²) in [6.07, 6.45) is 1.25. The van der Waals surface area contributed by atoms with Gasteiger partial charge in [-0.2, -0.15) is 0 Å². The maximum atomic E-state index is 8.00. The molecule has 0 aliphatic rings. The van der Waals surface area contributed by atoms with Gasteiger partial charge in [0.05, 0.1) is 0 Å². The van der Waals surface area contributed by atoms with E-state index in [9.17, 15) is 0 Å². The highest BCUT2D eigenvalue weighted by molar-refractivity contribution is 3.92. The third-order valence-corrected chi connectivity index (χ3v) is 0. The molecule has 0 atom stereocenters. The average Bonchev–Trinajstić information content (AvgIpc) is 1.46. The first-order valence-electron chi connectivity index (χ1n) is 1.70. The van der Waals surface area contributed by atoms with Gasteiger partial charge in [0.1, 0.15) is 0 Å². The molecule has 0 amide bonds. The molecule has 0 bridgehead atoms. The summed E-state index contributed by atoms with van der Waals surface area (Å²) in [5.41, 5.74) is 0. The molecule has 0 aliphatic heterocycles. The van der Waals surface area contributed by atoms with E-state index in [1.54, 1.807) is 0 Å². The van der Waals surface area contributed by atoms with Crippen molar-refractivity contribution in [3.8, 4) is 0 Å². The Kier molecular flexibility index (Phi) is 70.0. The fraction of sp³-hybridized carbons (Fsp3) is 1.00. The predicted octanol–water partition coefficient (Wildman–Crippen LogP) is 0.142. The lowest BCUT2D eigenvalue weighted by atomic mass is 10.6. The van der Waals surface area contributed by atoms with Crippen LogP contribution in [-0.4, -0.2) is 0 Å². The van der Waals surface area contributed by atoms with Crippen LogP contribution in [0.1, 0.15) is 20.3 Å². The smallest absolute Gasteiger partial charge is 0.0590 e. The van der Waals surface area contributed by atoms with Crippen molar-refractivity contribution < 1.29 is 5.90 Å². The van der Waals surface area contributed by atoms with E-state index in [2.05, 4.69) is 13.8 Å². The van der Waals surface area contributed by atoms with Crippen molar-refractivity contribution in [2.24, 2.45) is 0 Å². The van der Waals surface area contributed by atoms with Crippen molar-refractivity contribution in [2.75, 3.05) is 0 Å². The third kappa shape index (κ3) is 2260. The van der Waals surface area contributed by atoms with E-state index in [0.717, 1.165) is 0 Å². The van der Waals surface area contributed by atoms with E-state index in [-0.39, 0.29) is 0 Å². The Labute approximate surface area is 32.6 Å². The van der Waals surface area contributed by atoms with Crippen LogP contribution in [0.15, 0.2) is 0 Å². The molecule has 0 heterocycles. The van der Waals surface area contributed by atoms with Crippen LogP contribution in [0.4, 0.5) is 0 Å². The zero-order valence-electron chi connectivity index (χ0n) is 3.82. The minimum atomic E-state index is 1.25. The van der Waals surface area contributed by atoms with Crippen molar-refractivity contribution in [3.63, 3.8) is 0 Å². The normalized spacial score (nSPS) is 4.80. The van der Waals surface area contributed by atoms with E-state index in [0.29, 0.717) is 0 Å². The number of hydrogen-bond acceptors (Lipinski definition) is 1. The molecule has 0 spiro atoms. The molecule has 0 fully saturated rings. The van der Waals surface area contributed by atoms with Gasteiger partial charge in [-0.25, -0.2) is 0 Å². The van der Waals surface area contributed by atoms with Crippen LogP contribution in [0, 0.1) is 5.21 Å². The molecule has 0 aromatic rings. The fourth-order valence-electron chi connectivity index (χ4n) is 0. The van der Waals surface area contributed by atoms with Crippen molar-refractivity contribution in [1.29, 1.82) is 0 Å². The van der Waals surface area contributed by atoms with Crippen molar-refractivity contribution >= 4 is 0 Å². The highest BCUT2D eigenvalue weighted by Gasteiger charge is 1.35. The summed E-state index contributed by atoms with van der Waals surface area (Å²) in [6.45, 7) is 4.25. The molecule has 0 unspecified atom stereocenters. The second kappa shape index (κ2) is 39.5. The Bertz CT molecular complexity index is 6.85. The maximum Gasteiger partial charge on any atom is -0.0590 e. The summed E-state index contributed by atoms with van der Waals surface area (Å²) in [4.78, 5) is 0. The number of quaternary nitrogens is 1. The van der Waals surface area contributed by atoms with Crippen LogP contribution in [0.5, 0.6) is 0 Å². The topological polar surface area (TPSA) is 50.7 Å². The Morgan fingerprint density at radius 2 is 1.40 bits per heavy atom. The standard InChI is InChI=1S/C3H8.H3NO/c1-3-2;1-2/h3H2,1-2H3;1H3.